The van der Waals surface area contributed by atoms with Gasteiger partial charge in [-0.15, -0.1) is 0 Å². The number of H-pyrrole nitrogens is 1. The van der Waals surface area contributed by atoms with Crippen molar-refractivity contribution in [3.63, 3.8) is 0 Å². The second-order valence-corrected chi connectivity index (χ2v) is 8.32. The van der Waals surface area contributed by atoms with E-state index in [4.69, 9.17) is 14.2 Å². The maximum atomic E-state index is 5.79. The van der Waals surface area contributed by atoms with Gasteiger partial charge in [-0.25, -0.2) is 9.97 Å². The second-order valence-electron chi connectivity index (χ2n) is 8.32. The molecule has 0 radical (unpaired) electrons. The summed E-state index contributed by atoms with van der Waals surface area (Å²) in [7, 11) is 3.66. The number of nitrogens with zero attached hydrogens (tertiary/aromatic N) is 5. The number of aromatic amines is 1. The van der Waals surface area contributed by atoms with Gasteiger partial charge >= 0.3 is 0 Å². The Balaban J connectivity index is 1.77. The summed E-state index contributed by atoms with van der Waals surface area (Å²) in [5, 5.41) is 10.7. The van der Waals surface area contributed by atoms with Gasteiger partial charge in [0.15, 0.2) is 0 Å². The number of fused-ring (bicyclic) bond motifs is 3. The summed E-state index contributed by atoms with van der Waals surface area (Å²) < 4.78 is 13.1. The van der Waals surface area contributed by atoms with Crippen LogP contribution in [0.2, 0.25) is 0 Å². The first kappa shape index (κ1) is 20.2. The molecule has 4 aromatic heterocycles. The fourth-order valence-electron chi connectivity index (χ4n) is 4.60. The van der Waals surface area contributed by atoms with Crippen LogP contribution in [0.1, 0.15) is 39.9 Å². The maximum absolute atomic E-state index is 5.79. The van der Waals surface area contributed by atoms with Gasteiger partial charge in [0.1, 0.15) is 23.0 Å². The van der Waals surface area contributed by atoms with Gasteiger partial charge in [-0.05, 0) is 52.3 Å². The van der Waals surface area contributed by atoms with Gasteiger partial charge in [-0.1, -0.05) is 5.16 Å². The van der Waals surface area contributed by atoms with E-state index in [9.17, 15) is 0 Å². The summed E-state index contributed by atoms with van der Waals surface area (Å²) in [5.41, 5.74) is 8.84. The van der Waals surface area contributed by atoms with E-state index in [1.165, 1.54) is 5.56 Å². The van der Waals surface area contributed by atoms with E-state index in [2.05, 4.69) is 39.3 Å². The molecule has 0 saturated carbocycles. The molecule has 0 aliphatic rings. The topological polar surface area (TPSA) is 94.7 Å². The minimum atomic E-state index is 0.671. The number of hydrogen-bond donors (Lipinski definition) is 1. The van der Waals surface area contributed by atoms with Crippen molar-refractivity contribution in [1.29, 1.82) is 0 Å². The molecule has 0 bridgehead atoms. The smallest absolute Gasteiger partial charge is 0.142 e. The Morgan fingerprint density at radius 2 is 1.84 bits per heavy atom. The largest absolute Gasteiger partial charge is 0.496 e. The van der Waals surface area contributed by atoms with E-state index >= 15 is 0 Å². The maximum Gasteiger partial charge on any atom is 0.142 e. The molecule has 4 heterocycles. The Labute approximate surface area is 185 Å². The van der Waals surface area contributed by atoms with Gasteiger partial charge in [0.2, 0.25) is 0 Å². The minimum absolute atomic E-state index is 0.671. The first-order chi connectivity index (χ1) is 15.3. The Morgan fingerprint density at radius 3 is 2.47 bits per heavy atom. The predicted molar refractivity (Wildman–Crippen MR) is 123 cm³/mol. The Kier molecular flexibility index (Phi) is 4.54. The van der Waals surface area contributed by atoms with Crippen LogP contribution in [0.5, 0.6) is 5.75 Å². The van der Waals surface area contributed by atoms with Crippen molar-refractivity contribution in [3.8, 4) is 16.9 Å². The molecule has 0 amide bonds. The predicted octanol–water partition coefficient (Wildman–Crippen LogP) is 4.64. The normalized spacial score (nSPS) is 11.7. The highest BCUT2D eigenvalue weighted by atomic mass is 16.5. The fourth-order valence-corrected chi connectivity index (χ4v) is 4.60. The average Bonchev–Trinajstić information content (AvgIpc) is 3.35. The summed E-state index contributed by atoms with van der Waals surface area (Å²) >= 11 is 0. The zero-order valence-corrected chi connectivity index (χ0v) is 19.4. The number of rotatable bonds is 4. The summed E-state index contributed by atoms with van der Waals surface area (Å²) in [6.45, 7) is 9.91. The van der Waals surface area contributed by atoms with Crippen LogP contribution >= 0.6 is 0 Å². The lowest BCUT2D eigenvalue weighted by Gasteiger charge is -2.10. The van der Waals surface area contributed by atoms with Crippen molar-refractivity contribution >= 4 is 21.9 Å². The zero-order chi connectivity index (χ0) is 22.7. The van der Waals surface area contributed by atoms with Crippen LogP contribution in [0.4, 0.5) is 0 Å². The summed E-state index contributed by atoms with van der Waals surface area (Å²) in [6, 6.07) is 4.14. The molecule has 8 nitrogen and oxygen atoms in total. The van der Waals surface area contributed by atoms with Crippen LogP contribution < -0.4 is 4.74 Å². The summed E-state index contributed by atoms with van der Waals surface area (Å²) in [6.07, 6.45) is 0.671. The zero-order valence-electron chi connectivity index (χ0n) is 19.4. The molecule has 164 valence electrons. The van der Waals surface area contributed by atoms with Crippen LogP contribution in [0.3, 0.4) is 0 Å². The number of benzene rings is 1. The third-order valence-corrected chi connectivity index (χ3v) is 6.26. The highest BCUT2D eigenvalue weighted by Crippen LogP contribution is 2.40. The molecule has 0 aliphatic carbocycles. The molecule has 32 heavy (non-hydrogen) atoms. The fraction of sp³-hybridized carbons (Fsp3) is 0.333. The van der Waals surface area contributed by atoms with Gasteiger partial charge in [-0.2, -0.15) is 5.10 Å². The summed E-state index contributed by atoms with van der Waals surface area (Å²) in [4.78, 5) is 13.0. The van der Waals surface area contributed by atoms with Gasteiger partial charge < -0.3 is 14.2 Å². The first-order valence-corrected chi connectivity index (χ1v) is 10.6. The molecule has 0 spiro atoms. The van der Waals surface area contributed by atoms with Gasteiger partial charge in [0.25, 0.3) is 0 Å². The molecule has 5 aromatic rings. The lowest BCUT2D eigenvalue weighted by atomic mass is 10.00. The highest BCUT2D eigenvalue weighted by Gasteiger charge is 2.21. The third-order valence-electron chi connectivity index (χ3n) is 6.26. The average molecular weight is 431 g/mol. The standard InChI is InChI=1S/C24H26N6O2/c1-11-12(2)28-30(6)20(11)10-19-23-16-9-21(31-7)17(22-13(3)29-32-14(22)4)8-18(16)27-24(23)26-15(5)25-19/h8-9H,10H2,1-7H3,(H,25,26,27). The van der Waals surface area contributed by atoms with Gasteiger partial charge in [-0.3, -0.25) is 4.68 Å². The highest BCUT2D eigenvalue weighted by molar-refractivity contribution is 6.09. The van der Waals surface area contributed by atoms with Crippen molar-refractivity contribution in [2.75, 3.05) is 7.11 Å². The molecule has 0 saturated heterocycles. The molecule has 1 aromatic carbocycles. The van der Waals surface area contributed by atoms with Crippen LogP contribution in [0, 0.1) is 34.6 Å². The minimum Gasteiger partial charge on any atom is -0.496 e. The Hall–Kier alpha value is -3.68. The molecule has 8 heteroatoms. The Bertz CT molecular complexity index is 1490. The van der Waals surface area contributed by atoms with Crippen molar-refractivity contribution in [2.45, 2.75) is 41.0 Å². The molecule has 0 atom stereocenters. The quantitative estimate of drug-likeness (QED) is 0.446. The van der Waals surface area contributed by atoms with Crippen molar-refractivity contribution < 1.29 is 9.26 Å². The van der Waals surface area contributed by atoms with Crippen LogP contribution in [-0.4, -0.2) is 37.0 Å². The van der Waals surface area contributed by atoms with Crippen LogP contribution in [0.15, 0.2) is 16.7 Å². The number of aromatic nitrogens is 6. The lowest BCUT2D eigenvalue weighted by Crippen LogP contribution is -2.04. The van der Waals surface area contributed by atoms with E-state index in [0.717, 1.165) is 73.2 Å². The monoisotopic (exact) mass is 430 g/mol. The van der Waals surface area contributed by atoms with Crippen molar-refractivity contribution in [1.82, 2.24) is 29.9 Å². The van der Waals surface area contributed by atoms with E-state index in [1.54, 1.807) is 7.11 Å². The molecule has 5 rings (SSSR count). The number of methoxy groups -OCH3 is 1. The molecular formula is C24H26N6O2. The number of nitrogens with one attached hydrogen (secondary N) is 1. The first-order valence-electron chi connectivity index (χ1n) is 10.6. The third kappa shape index (κ3) is 2.97. The number of aryl methyl sites for hydroxylation is 5. The Morgan fingerprint density at radius 1 is 1.06 bits per heavy atom. The second kappa shape index (κ2) is 7.19. The van der Waals surface area contributed by atoms with Crippen LogP contribution in [-0.2, 0) is 13.5 Å². The van der Waals surface area contributed by atoms with E-state index in [1.807, 2.05) is 39.4 Å². The van der Waals surface area contributed by atoms with Crippen molar-refractivity contribution in [3.05, 3.63) is 52.1 Å². The summed E-state index contributed by atoms with van der Waals surface area (Å²) in [5.74, 6) is 2.25. The van der Waals surface area contributed by atoms with E-state index in [0.29, 0.717) is 6.42 Å². The van der Waals surface area contributed by atoms with E-state index < -0.39 is 0 Å². The lowest BCUT2D eigenvalue weighted by molar-refractivity contribution is 0.393. The SMILES string of the molecule is COc1cc2c(cc1-c1c(C)noc1C)[nH]c1nc(C)nc(Cc3c(C)c(C)nn3C)c12. The van der Waals surface area contributed by atoms with Crippen molar-refractivity contribution in [2.24, 2.45) is 7.05 Å². The molecule has 1 N–H and O–H groups in total. The van der Waals surface area contributed by atoms with Gasteiger partial charge in [0.05, 0.1) is 29.8 Å². The number of hydrogen-bond acceptors (Lipinski definition) is 6. The van der Waals surface area contributed by atoms with E-state index in [-0.39, 0.29) is 0 Å². The molecular weight excluding hydrogens is 404 g/mol. The molecule has 0 aliphatic heterocycles. The molecule has 0 fully saturated rings. The number of ether oxygens (including phenoxy) is 1. The van der Waals surface area contributed by atoms with Gasteiger partial charge in [0, 0.05) is 41.0 Å². The molecule has 0 unspecified atom stereocenters. The van der Waals surface area contributed by atoms with Crippen LogP contribution in [0.25, 0.3) is 33.1 Å².